The summed E-state index contributed by atoms with van der Waals surface area (Å²) in [5, 5.41) is 9.09. The lowest BCUT2D eigenvalue weighted by Crippen LogP contribution is -2.22. The molecule has 0 bridgehead atoms. The minimum Gasteiger partial charge on any atom is -0.481 e. The molecule has 1 N–H and O–H groups in total. The van der Waals surface area contributed by atoms with Crippen LogP contribution in [0.15, 0.2) is 0 Å². The maximum atomic E-state index is 11.3. The number of aliphatic carboxylic acids is 1. The van der Waals surface area contributed by atoms with Gasteiger partial charge in [0.2, 0.25) is 0 Å². The van der Waals surface area contributed by atoms with Gasteiger partial charge < -0.3 is 14.6 Å². The van der Waals surface area contributed by atoms with Crippen LogP contribution in [-0.4, -0.2) is 37.2 Å². The lowest BCUT2D eigenvalue weighted by Gasteiger charge is -2.15. The Morgan fingerprint density at radius 3 is 2.21 bits per heavy atom. The highest BCUT2D eigenvalue weighted by atomic mass is 16.5. The summed E-state index contributed by atoms with van der Waals surface area (Å²) in [4.78, 5) is 33.2. The number of ether oxygens (including phenoxy) is 2. The van der Waals surface area contributed by atoms with Crippen LogP contribution in [0.25, 0.3) is 0 Å². The molecule has 6 nitrogen and oxygen atoms in total. The molecule has 0 amide bonds. The molecule has 0 spiro atoms. The quantitative estimate of drug-likeness (QED) is 0.507. The van der Waals surface area contributed by atoms with E-state index in [9.17, 15) is 14.4 Å². The minimum atomic E-state index is -0.922. The van der Waals surface area contributed by atoms with Crippen LogP contribution in [-0.2, 0) is 23.9 Å². The second-order valence-corrected chi connectivity index (χ2v) is 4.52. The molecule has 0 aliphatic heterocycles. The second-order valence-electron chi connectivity index (χ2n) is 4.52. The molecule has 0 aromatic carbocycles. The molecule has 110 valence electrons. The standard InChI is InChI=1S/C13H22O6/c1-9(13(17)19-3)8-10(12(15)16)6-4-5-7-11(14)18-2/h9-10H,4-8H2,1-3H3,(H,15,16). The largest absolute Gasteiger partial charge is 0.481 e. The van der Waals surface area contributed by atoms with E-state index in [1.54, 1.807) is 6.92 Å². The summed E-state index contributed by atoms with van der Waals surface area (Å²) in [5.41, 5.74) is 0. The van der Waals surface area contributed by atoms with E-state index in [4.69, 9.17) is 5.11 Å². The molecule has 0 saturated carbocycles. The number of carbonyl (C=O) groups excluding carboxylic acids is 2. The van der Waals surface area contributed by atoms with Crippen molar-refractivity contribution in [2.24, 2.45) is 11.8 Å². The molecule has 0 aliphatic carbocycles. The minimum absolute atomic E-state index is 0.250. The molecule has 0 aromatic rings. The summed E-state index contributed by atoms with van der Waals surface area (Å²) in [6.07, 6.45) is 2.17. The van der Waals surface area contributed by atoms with Crippen molar-refractivity contribution in [1.82, 2.24) is 0 Å². The van der Waals surface area contributed by atoms with Gasteiger partial charge in [-0.3, -0.25) is 14.4 Å². The first kappa shape index (κ1) is 17.4. The Labute approximate surface area is 113 Å². The van der Waals surface area contributed by atoms with Gasteiger partial charge in [0, 0.05) is 6.42 Å². The summed E-state index contributed by atoms with van der Waals surface area (Å²) < 4.78 is 9.07. The van der Waals surface area contributed by atoms with E-state index in [1.165, 1.54) is 14.2 Å². The van der Waals surface area contributed by atoms with Gasteiger partial charge in [-0.1, -0.05) is 13.3 Å². The molecule has 0 aromatic heterocycles. The Bertz CT molecular complexity index is 312. The third-order valence-electron chi connectivity index (χ3n) is 3.00. The number of carboxylic acids is 1. The van der Waals surface area contributed by atoms with Crippen molar-refractivity contribution < 1.29 is 29.0 Å². The first-order valence-electron chi connectivity index (χ1n) is 6.29. The lowest BCUT2D eigenvalue weighted by molar-refractivity contribution is -0.147. The molecule has 0 radical (unpaired) electrons. The van der Waals surface area contributed by atoms with Crippen LogP contribution >= 0.6 is 0 Å². The summed E-state index contributed by atoms with van der Waals surface area (Å²) in [7, 11) is 2.60. The van der Waals surface area contributed by atoms with E-state index < -0.39 is 23.8 Å². The maximum Gasteiger partial charge on any atom is 0.308 e. The number of unbranched alkanes of at least 4 members (excludes halogenated alkanes) is 1. The van der Waals surface area contributed by atoms with E-state index in [1.807, 2.05) is 0 Å². The van der Waals surface area contributed by atoms with Gasteiger partial charge in [-0.05, 0) is 19.3 Å². The first-order chi connectivity index (χ1) is 8.92. The fourth-order valence-electron chi connectivity index (χ4n) is 1.83. The van der Waals surface area contributed by atoms with Crippen LogP contribution in [0, 0.1) is 11.8 Å². The van der Waals surface area contributed by atoms with Gasteiger partial charge in [0.1, 0.15) is 0 Å². The molecule has 0 aliphatic rings. The third kappa shape index (κ3) is 7.43. The highest BCUT2D eigenvalue weighted by Crippen LogP contribution is 2.20. The van der Waals surface area contributed by atoms with Gasteiger partial charge in [-0.2, -0.15) is 0 Å². The number of rotatable bonds is 9. The number of hydrogen-bond acceptors (Lipinski definition) is 5. The predicted molar refractivity (Wildman–Crippen MR) is 67.4 cm³/mol. The van der Waals surface area contributed by atoms with Gasteiger partial charge in [-0.15, -0.1) is 0 Å². The van der Waals surface area contributed by atoms with Crippen LogP contribution in [0.4, 0.5) is 0 Å². The molecule has 6 heteroatoms. The number of esters is 2. The molecule has 19 heavy (non-hydrogen) atoms. The van der Waals surface area contributed by atoms with Crippen molar-refractivity contribution in [1.29, 1.82) is 0 Å². The molecule has 0 saturated heterocycles. The molecule has 2 unspecified atom stereocenters. The smallest absolute Gasteiger partial charge is 0.308 e. The molecule has 0 heterocycles. The summed E-state index contributed by atoms with van der Waals surface area (Å²) in [5.74, 6) is -2.65. The monoisotopic (exact) mass is 274 g/mol. The zero-order valence-corrected chi connectivity index (χ0v) is 11.7. The van der Waals surface area contributed by atoms with Crippen molar-refractivity contribution in [3.63, 3.8) is 0 Å². The van der Waals surface area contributed by atoms with Gasteiger partial charge in [0.25, 0.3) is 0 Å². The van der Waals surface area contributed by atoms with Crippen LogP contribution in [0.5, 0.6) is 0 Å². The lowest BCUT2D eigenvalue weighted by atomic mass is 9.91. The van der Waals surface area contributed by atoms with E-state index in [0.717, 1.165) is 0 Å². The molecular weight excluding hydrogens is 252 g/mol. The third-order valence-corrected chi connectivity index (χ3v) is 3.00. The number of carbonyl (C=O) groups is 3. The normalized spacial score (nSPS) is 13.4. The summed E-state index contributed by atoms with van der Waals surface area (Å²) in [6.45, 7) is 1.65. The molecule has 2 atom stereocenters. The van der Waals surface area contributed by atoms with Gasteiger partial charge >= 0.3 is 17.9 Å². The van der Waals surface area contributed by atoms with Crippen LogP contribution in [0.2, 0.25) is 0 Å². The Balaban J connectivity index is 4.10. The van der Waals surface area contributed by atoms with Crippen molar-refractivity contribution in [3.8, 4) is 0 Å². The highest BCUT2D eigenvalue weighted by Gasteiger charge is 2.24. The van der Waals surface area contributed by atoms with E-state index in [-0.39, 0.29) is 18.8 Å². The summed E-state index contributed by atoms with van der Waals surface area (Å²) in [6, 6.07) is 0. The second kappa shape index (κ2) is 9.35. The number of methoxy groups -OCH3 is 2. The Hall–Kier alpha value is -1.59. The van der Waals surface area contributed by atoms with E-state index in [0.29, 0.717) is 19.3 Å². The average Bonchev–Trinajstić information content (AvgIpc) is 2.40. The van der Waals surface area contributed by atoms with Crippen molar-refractivity contribution in [2.75, 3.05) is 14.2 Å². The van der Waals surface area contributed by atoms with Crippen molar-refractivity contribution >= 4 is 17.9 Å². The first-order valence-corrected chi connectivity index (χ1v) is 6.29. The van der Waals surface area contributed by atoms with E-state index in [2.05, 4.69) is 9.47 Å². The Morgan fingerprint density at radius 2 is 1.74 bits per heavy atom. The van der Waals surface area contributed by atoms with Gasteiger partial charge in [-0.25, -0.2) is 0 Å². The zero-order valence-electron chi connectivity index (χ0n) is 11.7. The molecule has 0 rings (SSSR count). The SMILES string of the molecule is COC(=O)CCCCC(CC(C)C(=O)OC)C(=O)O. The predicted octanol–water partition coefficient (Wildman–Crippen LogP) is 1.62. The van der Waals surface area contributed by atoms with Crippen molar-refractivity contribution in [2.45, 2.75) is 39.0 Å². The van der Waals surface area contributed by atoms with Crippen molar-refractivity contribution in [3.05, 3.63) is 0 Å². The highest BCUT2D eigenvalue weighted by molar-refractivity contribution is 5.74. The fraction of sp³-hybridized carbons (Fsp3) is 0.769. The number of carboxylic acid groups (broad SMARTS) is 1. The van der Waals surface area contributed by atoms with Crippen LogP contribution in [0.1, 0.15) is 39.0 Å². The number of hydrogen-bond donors (Lipinski definition) is 1. The fourth-order valence-corrected chi connectivity index (χ4v) is 1.83. The summed E-state index contributed by atoms with van der Waals surface area (Å²) >= 11 is 0. The maximum absolute atomic E-state index is 11.3. The van der Waals surface area contributed by atoms with Gasteiger partial charge in [0.05, 0.1) is 26.1 Å². The van der Waals surface area contributed by atoms with E-state index >= 15 is 0 Å². The Kier molecular flexibility index (Phi) is 8.57. The van der Waals surface area contributed by atoms with Crippen LogP contribution < -0.4 is 0 Å². The van der Waals surface area contributed by atoms with Gasteiger partial charge in [0.15, 0.2) is 0 Å². The average molecular weight is 274 g/mol. The zero-order chi connectivity index (χ0) is 14.8. The molecule has 0 fully saturated rings. The molecular formula is C13H22O6. The Morgan fingerprint density at radius 1 is 1.11 bits per heavy atom. The topological polar surface area (TPSA) is 89.9 Å². The van der Waals surface area contributed by atoms with Crippen LogP contribution in [0.3, 0.4) is 0 Å².